The van der Waals surface area contributed by atoms with Crippen molar-refractivity contribution in [1.82, 2.24) is 19.4 Å². The van der Waals surface area contributed by atoms with Crippen molar-refractivity contribution < 1.29 is 5.11 Å². The van der Waals surface area contributed by atoms with Gasteiger partial charge in [-0.25, -0.2) is 4.98 Å². The van der Waals surface area contributed by atoms with Crippen LogP contribution in [-0.4, -0.2) is 70.3 Å². The third-order valence-electron chi connectivity index (χ3n) is 4.12. The van der Waals surface area contributed by atoms with Gasteiger partial charge in [0.1, 0.15) is 5.82 Å². The molecule has 1 atom stereocenters. The van der Waals surface area contributed by atoms with Crippen LogP contribution in [0.1, 0.15) is 18.7 Å². The molecule has 1 aliphatic heterocycles. The van der Waals surface area contributed by atoms with E-state index in [1.54, 1.807) is 0 Å². The smallest absolute Gasteiger partial charge is 0.105 e. The molecule has 1 N–H and O–H groups in total. The van der Waals surface area contributed by atoms with Gasteiger partial charge in [-0.15, -0.1) is 0 Å². The fourth-order valence-electron chi connectivity index (χ4n) is 2.78. The van der Waals surface area contributed by atoms with E-state index in [0.29, 0.717) is 6.04 Å². The summed E-state index contributed by atoms with van der Waals surface area (Å²) >= 11 is 0. The SMILES string of the molecule is Cc1nccn1CCCN1CCN(C)C(CCO)C1. The standard InChI is InChI=1S/C14H26N4O/c1-13-15-5-8-18(13)7-3-6-17-10-9-16(2)14(12-17)4-11-19/h5,8,14,19H,3-4,6-7,9-12H2,1-2H3. The largest absolute Gasteiger partial charge is 0.396 e. The van der Waals surface area contributed by atoms with Gasteiger partial charge in [0.05, 0.1) is 0 Å². The highest BCUT2D eigenvalue weighted by atomic mass is 16.3. The monoisotopic (exact) mass is 266 g/mol. The van der Waals surface area contributed by atoms with Crippen LogP contribution < -0.4 is 0 Å². The Labute approximate surface area is 115 Å². The van der Waals surface area contributed by atoms with Crippen LogP contribution in [0.4, 0.5) is 0 Å². The lowest BCUT2D eigenvalue weighted by Gasteiger charge is -2.39. The lowest BCUT2D eigenvalue weighted by Crippen LogP contribution is -2.51. The molecular formula is C14H26N4O. The molecule has 0 spiro atoms. The molecule has 5 heteroatoms. The first-order valence-corrected chi connectivity index (χ1v) is 7.22. The van der Waals surface area contributed by atoms with Gasteiger partial charge in [-0.3, -0.25) is 0 Å². The Kier molecular flexibility index (Phi) is 5.36. The summed E-state index contributed by atoms with van der Waals surface area (Å²) in [6.45, 7) is 7.84. The summed E-state index contributed by atoms with van der Waals surface area (Å²) in [7, 11) is 2.16. The lowest BCUT2D eigenvalue weighted by atomic mass is 10.1. The second-order valence-electron chi connectivity index (χ2n) is 5.47. The van der Waals surface area contributed by atoms with E-state index in [1.807, 2.05) is 19.3 Å². The van der Waals surface area contributed by atoms with Gasteiger partial charge in [0.15, 0.2) is 0 Å². The molecule has 1 unspecified atom stereocenters. The maximum absolute atomic E-state index is 9.10. The van der Waals surface area contributed by atoms with Crippen molar-refractivity contribution in [2.24, 2.45) is 0 Å². The van der Waals surface area contributed by atoms with Crippen LogP contribution in [0, 0.1) is 6.92 Å². The van der Waals surface area contributed by atoms with Crippen LogP contribution in [-0.2, 0) is 6.54 Å². The Hall–Kier alpha value is -0.910. The molecule has 0 bridgehead atoms. The number of rotatable bonds is 6. The van der Waals surface area contributed by atoms with Gasteiger partial charge < -0.3 is 19.5 Å². The number of hydrogen-bond acceptors (Lipinski definition) is 4. The lowest BCUT2D eigenvalue weighted by molar-refractivity contribution is 0.0772. The van der Waals surface area contributed by atoms with Crippen molar-refractivity contribution in [2.75, 3.05) is 39.8 Å². The fourth-order valence-corrected chi connectivity index (χ4v) is 2.78. The van der Waals surface area contributed by atoms with Crippen LogP contribution in [0.5, 0.6) is 0 Å². The molecule has 1 aliphatic rings. The average molecular weight is 266 g/mol. The molecule has 0 aromatic carbocycles. The Bertz CT molecular complexity index is 379. The van der Waals surface area contributed by atoms with E-state index in [0.717, 1.165) is 51.4 Å². The molecule has 0 radical (unpaired) electrons. The van der Waals surface area contributed by atoms with E-state index >= 15 is 0 Å². The Morgan fingerprint density at radius 1 is 1.37 bits per heavy atom. The summed E-state index contributed by atoms with van der Waals surface area (Å²) < 4.78 is 2.21. The quantitative estimate of drug-likeness (QED) is 0.818. The minimum atomic E-state index is 0.289. The number of likely N-dealkylation sites (N-methyl/N-ethyl adjacent to an activating group) is 1. The number of aliphatic hydroxyl groups excluding tert-OH is 1. The topological polar surface area (TPSA) is 44.5 Å². The second-order valence-corrected chi connectivity index (χ2v) is 5.47. The van der Waals surface area contributed by atoms with E-state index in [9.17, 15) is 0 Å². The summed E-state index contributed by atoms with van der Waals surface area (Å²) in [5.74, 6) is 1.09. The number of aromatic nitrogens is 2. The molecule has 108 valence electrons. The Morgan fingerprint density at radius 2 is 2.21 bits per heavy atom. The number of hydrogen-bond donors (Lipinski definition) is 1. The summed E-state index contributed by atoms with van der Waals surface area (Å²) in [5.41, 5.74) is 0. The Morgan fingerprint density at radius 3 is 2.89 bits per heavy atom. The second kappa shape index (κ2) is 7.03. The summed E-state index contributed by atoms with van der Waals surface area (Å²) in [4.78, 5) is 9.13. The van der Waals surface area contributed by atoms with Gasteiger partial charge >= 0.3 is 0 Å². The molecule has 0 aliphatic carbocycles. The van der Waals surface area contributed by atoms with E-state index < -0.39 is 0 Å². The molecule has 0 saturated carbocycles. The van der Waals surface area contributed by atoms with Crippen molar-refractivity contribution in [1.29, 1.82) is 0 Å². The summed E-state index contributed by atoms with van der Waals surface area (Å²) in [5, 5.41) is 9.10. The minimum Gasteiger partial charge on any atom is -0.396 e. The first-order chi connectivity index (χ1) is 9.20. The number of piperazine rings is 1. The van der Waals surface area contributed by atoms with Crippen LogP contribution >= 0.6 is 0 Å². The zero-order valence-corrected chi connectivity index (χ0v) is 12.1. The van der Waals surface area contributed by atoms with Gasteiger partial charge in [0, 0.05) is 51.2 Å². The maximum atomic E-state index is 9.10. The molecule has 1 aromatic rings. The van der Waals surface area contributed by atoms with Gasteiger partial charge in [0.25, 0.3) is 0 Å². The first kappa shape index (κ1) is 14.5. The van der Waals surface area contributed by atoms with Crippen LogP contribution in [0.15, 0.2) is 12.4 Å². The molecule has 2 rings (SSSR count). The summed E-state index contributed by atoms with van der Waals surface area (Å²) in [6, 6.07) is 0.508. The Balaban J connectivity index is 1.72. The van der Waals surface area contributed by atoms with Crippen molar-refractivity contribution in [3.8, 4) is 0 Å². The molecule has 2 heterocycles. The van der Waals surface area contributed by atoms with Gasteiger partial charge in [0.2, 0.25) is 0 Å². The highest BCUT2D eigenvalue weighted by Crippen LogP contribution is 2.11. The summed E-state index contributed by atoms with van der Waals surface area (Å²) in [6.07, 6.45) is 5.96. The minimum absolute atomic E-state index is 0.289. The molecule has 5 nitrogen and oxygen atoms in total. The fraction of sp³-hybridized carbons (Fsp3) is 0.786. The first-order valence-electron chi connectivity index (χ1n) is 7.22. The third kappa shape index (κ3) is 4.03. The van der Waals surface area contributed by atoms with Crippen molar-refractivity contribution in [3.05, 3.63) is 18.2 Å². The van der Waals surface area contributed by atoms with E-state index in [2.05, 4.69) is 26.4 Å². The third-order valence-corrected chi connectivity index (χ3v) is 4.12. The van der Waals surface area contributed by atoms with Crippen LogP contribution in [0.25, 0.3) is 0 Å². The van der Waals surface area contributed by atoms with E-state index in [1.165, 1.54) is 0 Å². The zero-order valence-electron chi connectivity index (χ0n) is 12.1. The maximum Gasteiger partial charge on any atom is 0.105 e. The van der Waals surface area contributed by atoms with Crippen LogP contribution in [0.3, 0.4) is 0 Å². The van der Waals surface area contributed by atoms with Crippen molar-refractivity contribution >= 4 is 0 Å². The number of nitrogens with zero attached hydrogens (tertiary/aromatic N) is 4. The molecule has 1 saturated heterocycles. The normalized spacial score (nSPS) is 21.9. The molecule has 1 aromatic heterocycles. The number of aryl methyl sites for hydroxylation is 2. The van der Waals surface area contributed by atoms with Crippen molar-refractivity contribution in [3.63, 3.8) is 0 Å². The highest BCUT2D eigenvalue weighted by Gasteiger charge is 2.23. The zero-order chi connectivity index (χ0) is 13.7. The highest BCUT2D eigenvalue weighted by molar-refractivity contribution is 4.88. The van der Waals surface area contributed by atoms with Crippen LogP contribution in [0.2, 0.25) is 0 Å². The number of imidazole rings is 1. The van der Waals surface area contributed by atoms with E-state index in [-0.39, 0.29) is 6.61 Å². The average Bonchev–Trinajstić information content (AvgIpc) is 2.79. The molecule has 19 heavy (non-hydrogen) atoms. The van der Waals surface area contributed by atoms with Gasteiger partial charge in [-0.2, -0.15) is 0 Å². The predicted molar refractivity (Wildman–Crippen MR) is 76.1 cm³/mol. The number of aliphatic hydroxyl groups is 1. The van der Waals surface area contributed by atoms with Gasteiger partial charge in [-0.1, -0.05) is 0 Å². The van der Waals surface area contributed by atoms with Gasteiger partial charge in [-0.05, 0) is 33.4 Å². The van der Waals surface area contributed by atoms with E-state index in [4.69, 9.17) is 5.11 Å². The molecular weight excluding hydrogens is 240 g/mol. The molecule has 0 amide bonds. The predicted octanol–water partition coefficient (Wildman–Crippen LogP) is 0.580. The molecule has 1 fully saturated rings. The van der Waals surface area contributed by atoms with Crippen molar-refractivity contribution in [2.45, 2.75) is 32.4 Å².